The Morgan fingerprint density at radius 2 is 1.91 bits per heavy atom. The second-order valence-electron chi connectivity index (χ2n) is 7.43. The molecule has 1 heterocycles. The molecule has 126 valence electrons. The molecule has 1 aromatic rings. The first-order chi connectivity index (χ1) is 10.7. The molecule has 1 aromatic carbocycles. The molecule has 1 atom stereocenters. The van der Waals surface area contributed by atoms with Crippen LogP contribution >= 0.6 is 0 Å². The number of esters is 1. The smallest absolute Gasteiger partial charge is 0.324 e. The first kappa shape index (κ1) is 17.7. The average molecular weight is 317 g/mol. The van der Waals surface area contributed by atoms with E-state index in [4.69, 9.17) is 4.74 Å². The summed E-state index contributed by atoms with van der Waals surface area (Å²) >= 11 is 0. The molecule has 0 radical (unpaired) electrons. The lowest BCUT2D eigenvalue weighted by atomic mass is 9.97. The quantitative estimate of drug-likeness (QED) is 0.783. The van der Waals surface area contributed by atoms with Crippen LogP contribution in [0.5, 0.6) is 0 Å². The maximum absolute atomic E-state index is 12.3. The number of Topliss-reactive ketones (excluding diaryl/α,β-unsaturated/α-hetero) is 1. The lowest BCUT2D eigenvalue weighted by Gasteiger charge is -2.40. The maximum atomic E-state index is 12.3. The van der Waals surface area contributed by atoms with E-state index in [1.54, 1.807) is 0 Å². The van der Waals surface area contributed by atoms with E-state index in [9.17, 15) is 9.59 Å². The third-order valence-corrected chi connectivity index (χ3v) is 4.28. The van der Waals surface area contributed by atoms with Gasteiger partial charge in [-0.3, -0.25) is 14.5 Å². The molecule has 1 aliphatic heterocycles. The van der Waals surface area contributed by atoms with E-state index in [-0.39, 0.29) is 18.2 Å². The molecule has 0 aliphatic carbocycles. The lowest BCUT2D eigenvalue weighted by Crippen LogP contribution is -2.55. The largest absolute Gasteiger partial charge is 0.457 e. The van der Waals surface area contributed by atoms with Crippen LogP contribution in [-0.2, 0) is 20.7 Å². The summed E-state index contributed by atoms with van der Waals surface area (Å²) in [6.07, 6.45) is 0.566. The van der Waals surface area contributed by atoms with Crippen molar-refractivity contribution in [3.8, 4) is 0 Å². The molecule has 0 saturated carbocycles. The van der Waals surface area contributed by atoms with Crippen LogP contribution < -0.4 is 0 Å². The van der Waals surface area contributed by atoms with Crippen LogP contribution in [0.1, 0.15) is 51.2 Å². The highest BCUT2D eigenvalue weighted by Crippen LogP contribution is 2.23. The first-order valence-corrected chi connectivity index (χ1v) is 8.21. The minimum Gasteiger partial charge on any atom is -0.457 e. The lowest BCUT2D eigenvalue weighted by molar-refractivity contribution is -0.177. The van der Waals surface area contributed by atoms with Gasteiger partial charge in [-0.05, 0) is 37.9 Å². The molecular weight excluding hydrogens is 290 g/mol. The number of likely N-dealkylation sites (N-methyl/N-ethyl adjacent to an activating group) is 1. The van der Waals surface area contributed by atoms with Gasteiger partial charge in [-0.25, -0.2) is 0 Å². The first-order valence-electron chi connectivity index (χ1n) is 8.21. The van der Waals surface area contributed by atoms with Crippen LogP contribution in [0.3, 0.4) is 0 Å². The van der Waals surface area contributed by atoms with Crippen molar-refractivity contribution in [3.05, 3.63) is 35.4 Å². The Balaban J connectivity index is 1.95. The molecular formula is C19H27NO3. The summed E-state index contributed by atoms with van der Waals surface area (Å²) in [4.78, 5) is 26.4. The second-order valence-corrected chi connectivity index (χ2v) is 7.43. The Morgan fingerprint density at radius 3 is 2.43 bits per heavy atom. The second kappa shape index (κ2) is 6.83. The molecule has 1 fully saturated rings. The van der Waals surface area contributed by atoms with Crippen molar-refractivity contribution in [1.82, 2.24) is 4.90 Å². The molecule has 0 amide bonds. The summed E-state index contributed by atoms with van der Waals surface area (Å²) in [5.41, 5.74) is 1.77. The molecule has 1 aliphatic rings. The SMILES string of the molecule is CC(C)c1ccc(CC(=O)CC2C(=O)OC(C)(C)CN2C)cc1. The molecule has 0 spiro atoms. The Morgan fingerprint density at radius 1 is 1.30 bits per heavy atom. The molecule has 1 saturated heterocycles. The van der Waals surface area contributed by atoms with E-state index >= 15 is 0 Å². The van der Waals surface area contributed by atoms with Crippen molar-refractivity contribution in [3.63, 3.8) is 0 Å². The molecule has 0 aromatic heterocycles. The van der Waals surface area contributed by atoms with Gasteiger partial charge in [-0.1, -0.05) is 38.1 Å². The Kier molecular flexibility index (Phi) is 5.25. The van der Waals surface area contributed by atoms with Crippen LogP contribution in [0.4, 0.5) is 0 Å². The van der Waals surface area contributed by atoms with Crippen LogP contribution in [-0.4, -0.2) is 41.9 Å². The third kappa shape index (κ3) is 4.64. The van der Waals surface area contributed by atoms with Crippen LogP contribution in [0.25, 0.3) is 0 Å². The number of ketones is 1. The van der Waals surface area contributed by atoms with Crippen molar-refractivity contribution in [2.45, 2.75) is 58.1 Å². The molecule has 4 nitrogen and oxygen atoms in total. The Labute approximate surface area is 138 Å². The normalized spacial score (nSPS) is 21.3. The summed E-state index contributed by atoms with van der Waals surface area (Å²) < 4.78 is 5.42. The van der Waals surface area contributed by atoms with Crippen molar-refractivity contribution < 1.29 is 14.3 Å². The van der Waals surface area contributed by atoms with Gasteiger partial charge < -0.3 is 4.74 Å². The van der Waals surface area contributed by atoms with Crippen molar-refractivity contribution in [2.75, 3.05) is 13.6 Å². The number of cyclic esters (lactones) is 1. The van der Waals surface area contributed by atoms with Gasteiger partial charge in [0.2, 0.25) is 0 Å². The molecule has 2 rings (SSSR count). The number of morpholine rings is 1. The van der Waals surface area contributed by atoms with Gasteiger partial charge >= 0.3 is 5.97 Å². The summed E-state index contributed by atoms with van der Waals surface area (Å²) in [6.45, 7) is 8.70. The Bertz CT molecular complexity index is 575. The number of nitrogens with zero attached hydrogens (tertiary/aromatic N) is 1. The molecule has 23 heavy (non-hydrogen) atoms. The standard InChI is InChI=1S/C19H27NO3/c1-13(2)15-8-6-14(7-9-15)10-16(21)11-17-18(22)23-19(3,4)12-20(17)5/h6-9,13,17H,10-12H2,1-5H3. The summed E-state index contributed by atoms with van der Waals surface area (Å²) in [5, 5.41) is 0. The van der Waals surface area contributed by atoms with E-state index < -0.39 is 11.6 Å². The highest BCUT2D eigenvalue weighted by molar-refractivity contribution is 5.88. The zero-order chi connectivity index (χ0) is 17.2. The fourth-order valence-electron chi connectivity index (χ4n) is 3.04. The van der Waals surface area contributed by atoms with Gasteiger partial charge in [-0.15, -0.1) is 0 Å². The number of carbonyl (C=O) groups excluding carboxylic acids is 2. The number of hydrogen-bond acceptors (Lipinski definition) is 4. The molecule has 4 heteroatoms. The van der Waals surface area contributed by atoms with E-state index in [2.05, 4.69) is 26.0 Å². The molecule has 1 unspecified atom stereocenters. The molecule has 0 N–H and O–H groups in total. The molecule has 0 bridgehead atoms. The number of benzene rings is 1. The third-order valence-electron chi connectivity index (χ3n) is 4.28. The Hall–Kier alpha value is -1.68. The van der Waals surface area contributed by atoms with E-state index in [0.29, 0.717) is 18.9 Å². The van der Waals surface area contributed by atoms with Crippen molar-refractivity contribution >= 4 is 11.8 Å². The fraction of sp³-hybridized carbons (Fsp3) is 0.579. The predicted molar refractivity (Wildman–Crippen MR) is 90.4 cm³/mol. The minimum atomic E-state index is -0.488. The average Bonchev–Trinajstić information content (AvgIpc) is 2.42. The van der Waals surface area contributed by atoms with E-state index in [1.165, 1.54) is 5.56 Å². The minimum absolute atomic E-state index is 0.0656. The predicted octanol–water partition coefficient (Wildman–Crippen LogP) is 2.95. The van der Waals surface area contributed by atoms with Gasteiger partial charge in [0, 0.05) is 19.4 Å². The van der Waals surface area contributed by atoms with Gasteiger partial charge in [0.1, 0.15) is 17.4 Å². The zero-order valence-corrected chi connectivity index (χ0v) is 14.8. The topological polar surface area (TPSA) is 46.6 Å². The highest BCUT2D eigenvalue weighted by atomic mass is 16.6. The summed E-state index contributed by atoms with van der Waals surface area (Å²) in [5.74, 6) is 0.247. The number of hydrogen-bond donors (Lipinski definition) is 0. The van der Waals surface area contributed by atoms with Crippen molar-refractivity contribution in [1.29, 1.82) is 0 Å². The van der Waals surface area contributed by atoms with Crippen molar-refractivity contribution in [2.24, 2.45) is 0 Å². The van der Waals surface area contributed by atoms with Gasteiger partial charge in [0.05, 0.1) is 0 Å². The van der Waals surface area contributed by atoms with Gasteiger partial charge in [-0.2, -0.15) is 0 Å². The summed E-state index contributed by atoms with van der Waals surface area (Å²) in [7, 11) is 1.87. The fourth-order valence-corrected chi connectivity index (χ4v) is 3.04. The van der Waals surface area contributed by atoms with Crippen LogP contribution in [0.2, 0.25) is 0 Å². The zero-order valence-electron chi connectivity index (χ0n) is 14.8. The van der Waals surface area contributed by atoms with E-state index in [0.717, 1.165) is 5.56 Å². The number of rotatable bonds is 5. The van der Waals surface area contributed by atoms with E-state index in [1.807, 2.05) is 37.9 Å². The highest BCUT2D eigenvalue weighted by Gasteiger charge is 2.39. The monoisotopic (exact) mass is 317 g/mol. The van der Waals surface area contributed by atoms with Gasteiger partial charge in [0.15, 0.2) is 0 Å². The van der Waals surface area contributed by atoms with Crippen LogP contribution in [0.15, 0.2) is 24.3 Å². The summed E-state index contributed by atoms with van der Waals surface area (Å²) in [6, 6.07) is 7.66. The van der Waals surface area contributed by atoms with Crippen LogP contribution in [0, 0.1) is 0 Å². The maximum Gasteiger partial charge on any atom is 0.324 e. The number of ether oxygens (including phenoxy) is 1. The number of carbonyl (C=O) groups is 2. The van der Waals surface area contributed by atoms with Gasteiger partial charge in [0.25, 0.3) is 0 Å².